The lowest BCUT2D eigenvalue weighted by Crippen LogP contribution is -2.52. The van der Waals surface area contributed by atoms with Crippen molar-refractivity contribution in [2.75, 3.05) is 18.5 Å². The zero-order chi connectivity index (χ0) is 28.3. The predicted molar refractivity (Wildman–Crippen MR) is 149 cm³/mol. The molecule has 39 heavy (non-hydrogen) atoms. The van der Waals surface area contributed by atoms with E-state index in [9.17, 15) is 14.4 Å². The lowest BCUT2D eigenvalue weighted by Gasteiger charge is -2.37. The molecule has 1 saturated heterocycles. The molecule has 204 valence electrons. The topological polar surface area (TPSA) is 113 Å². The van der Waals surface area contributed by atoms with Crippen LogP contribution >= 0.6 is 0 Å². The zero-order valence-corrected chi connectivity index (χ0v) is 23.1. The average Bonchev–Trinajstić information content (AvgIpc) is 3.43. The first kappa shape index (κ1) is 27.7. The molecule has 1 aliphatic rings. The second-order valence-corrected chi connectivity index (χ2v) is 10.7. The van der Waals surface area contributed by atoms with Crippen LogP contribution in [0.2, 0.25) is 0 Å². The summed E-state index contributed by atoms with van der Waals surface area (Å²) < 4.78 is 1.67. The van der Waals surface area contributed by atoms with E-state index in [1.165, 1.54) is 11.0 Å². The molecule has 0 bridgehead atoms. The normalized spacial score (nSPS) is 15.7. The van der Waals surface area contributed by atoms with Crippen molar-refractivity contribution >= 4 is 23.4 Å². The van der Waals surface area contributed by atoms with Gasteiger partial charge in [-0.3, -0.25) is 19.4 Å². The number of nitrogens with zero attached hydrogens (tertiary/aromatic N) is 6. The van der Waals surface area contributed by atoms with Gasteiger partial charge in [0.25, 0.3) is 5.91 Å². The number of rotatable bonds is 7. The van der Waals surface area contributed by atoms with Crippen molar-refractivity contribution in [2.24, 2.45) is 0 Å². The molecule has 1 unspecified atom stereocenters. The highest BCUT2D eigenvalue weighted by Gasteiger charge is 2.35. The smallest absolute Gasteiger partial charge is 0.273 e. The van der Waals surface area contributed by atoms with Crippen LogP contribution in [0.3, 0.4) is 0 Å². The third-order valence-electron chi connectivity index (χ3n) is 7.00. The van der Waals surface area contributed by atoms with Gasteiger partial charge in [0, 0.05) is 31.9 Å². The summed E-state index contributed by atoms with van der Waals surface area (Å²) in [5.41, 5.74) is 4.47. The largest absolute Gasteiger partial charge is 0.347 e. The van der Waals surface area contributed by atoms with E-state index < -0.39 is 6.04 Å². The van der Waals surface area contributed by atoms with Gasteiger partial charge < -0.3 is 15.1 Å². The van der Waals surface area contributed by atoms with Gasteiger partial charge in [0.05, 0.1) is 23.6 Å². The second-order valence-electron chi connectivity index (χ2n) is 10.7. The number of aromatic nitrogens is 4. The van der Waals surface area contributed by atoms with E-state index in [1.807, 2.05) is 52.0 Å². The highest BCUT2D eigenvalue weighted by molar-refractivity contribution is 6.03. The SMILES string of the molecule is C=CC(=O)N(C)C1CCCN(c2cnccc2-c2ccc(CNC(=O)c3cn(C(C)(C)C)nn3)c(C)c2)C1=O. The minimum atomic E-state index is -0.546. The van der Waals surface area contributed by atoms with E-state index in [4.69, 9.17) is 0 Å². The summed E-state index contributed by atoms with van der Waals surface area (Å²) in [6.07, 6.45) is 7.64. The van der Waals surface area contributed by atoms with Crippen molar-refractivity contribution in [3.05, 3.63) is 72.3 Å². The van der Waals surface area contributed by atoms with Crippen molar-refractivity contribution in [1.82, 2.24) is 30.2 Å². The molecule has 2 aromatic heterocycles. The number of carbonyl (C=O) groups excluding carboxylic acids is 3. The summed E-state index contributed by atoms with van der Waals surface area (Å²) >= 11 is 0. The van der Waals surface area contributed by atoms with E-state index in [0.29, 0.717) is 25.2 Å². The fourth-order valence-corrected chi connectivity index (χ4v) is 4.62. The molecule has 0 radical (unpaired) electrons. The Morgan fingerprint density at radius 1 is 1.26 bits per heavy atom. The van der Waals surface area contributed by atoms with E-state index in [2.05, 4.69) is 27.2 Å². The number of carbonyl (C=O) groups is 3. The number of aryl methyl sites for hydroxylation is 1. The Morgan fingerprint density at radius 2 is 2.03 bits per heavy atom. The highest BCUT2D eigenvalue weighted by atomic mass is 16.2. The van der Waals surface area contributed by atoms with Crippen LogP contribution in [0.5, 0.6) is 0 Å². The number of amides is 3. The average molecular weight is 530 g/mol. The third kappa shape index (κ3) is 5.89. The maximum atomic E-state index is 13.4. The molecule has 0 spiro atoms. The fraction of sp³-hybridized carbons (Fsp3) is 0.379. The highest BCUT2D eigenvalue weighted by Crippen LogP contribution is 2.34. The number of nitrogens with one attached hydrogen (secondary N) is 1. The van der Waals surface area contributed by atoms with E-state index in [0.717, 1.165) is 28.7 Å². The minimum Gasteiger partial charge on any atom is -0.347 e. The van der Waals surface area contributed by atoms with E-state index >= 15 is 0 Å². The lowest BCUT2D eigenvalue weighted by molar-refractivity contribution is -0.135. The molecule has 1 aromatic carbocycles. The van der Waals surface area contributed by atoms with Crippen LogP contribution in [0.15, 0.2) is 55.5 Å². The molecule has 0 aliphatic carbocycles. The minimum absolute atomic E-state index is 0.132. The summed E-state index contributed by atoms with van der Waals surface area (Å²) in [5.74, 6) is -0.699. The van der Waals surface area contributed by atoms with Crippen molar-refractivity contribution in [1.29, 1.82) is 0 Å². The Bertz CT molecular complexity index is 1410. The molecule has 1 atom stereocenters. The van der Waals surface area contributed by atoms with Crippen molar-refractivity contribution in [3.63, 3.8) is 0 Å². The standard InChI is InChI=1S/C29H35N7O3/c1-7-26(37)34(6)24-9-8-14-35(28(24)39)25-17-30-13-12-22(25)20-10-11-21(19(2)15-20)16-31-27(38)23-18-36(33-32-23)29(3,4)5/h7,10-13,15,17-18,24H,1,8-9,14,16H2,2-6H3,(H,31,38). The van der Waals surface area contributed by atoms with E-state index in [-0.39, 0.29) is 29.0 Å². The lowest BCUT2D eigenvalue weighted by atomic mass is 9.97. The van der Waals surface area contributed by atoms with Crippen LogP contribution in [0, 0.1) is 6.92 Å². The number of anilines is 1. The first-order chi connectivity index (χ1) is 18.5. The van der Waals surface area contributed by atoms with Crippen LogP contribution in [-0.4, -0.2) is 62.2 Å². The molecule has 3 heterocycles. The maximum Gasteiger partial charge on any atom is 0.273 e. The van der Waals surface area contributed by atoms with Crippen LogP contribution in [-0.2, 0) is 21.7 Å². The van der Waals surface area contributed by atoms with Gasteiger partial charge in [0.2, 0.25) is 11.8 Å². The van der Waals surface area contributed by atoms with E-state index in [1.54, 1.807) is 35.2 Å². The Labute approximate surface area is 228 Å². The zero-order valence-electron chi connectivity index (χ0n) is 23.1. The van der Waals surface area contributed by atoms with Crippen molar-refractivity contribution in [2.45, 2.75) is 58.7 Å². The van der Waals surface area contributed by atoms with Crippen LogP contribution < -0.4 is 10.2 Å². The summed E-state index contributed by atoms with van der Waals surface area (Å²) in [5, 5.41) is 11.0. The molecule has 3 aromatic rings. The van der Waals surface area contributed by atoms with Gasteiger partial charge in [-0.25, -0.2) is 4.68 Å². The molecule has 3 amide bonds. The molecule has 4 rings (SSSR count). The van der Waals surface area contributed by atoms with Gasteiger partial charge in [-0.05, 0) is 69.4 Å². The third-order valence-corrected chi connectivity index (χ3v) is 7.00. The number of hydrogen-bond donors (Lipinski definition) is 1. The molecular weight excluding hydrogens is 494 g/mol. The Morgan fingerprint density at radius 3 is 2.69 bits per heavy atom. The monoisotopic (exact) mass is 529 g/mol. The quantitative estimate of drug-likeness (QED) is 0.469. The van der Waals surface area contributed by atoms with Crippen molar-refractivity contribution < 1.29 is 14.4 Å². The molecule has 1 N–H and O–H groups in total. The molecular formula is C29H35N7O3. The van der Waals surface area contributed by atoms with Gasteiger partial charge >= 0.3 is 0 Å². The Hall–Kier alpha value is -4.34. The summed E-state index contributed by atoms with van der Waals surface area (Å²) in [6.45, 7) is 12.4. The Balaban J connectivity index is 1.52. The van der Waals surface area contributed by atoms with Crippen LogP contribution in [0.4, 0.5) is 5.69 Å². The van der Waals surface area contributed by atoms with Gasteiger partial charge in [-0.15, -0.1) is 5.10 Å². The predicted octanol–water partition coefficient (Wildman–Crippen LogP) is 3.47. The fourth-order valence-electron chi connectivity index (χ4n) is 4.62. The first-order valence-electron chi connectivity index (χ1n) is 13.0. The van der Waals surface area contributed by atoms with Gasteiger partial charge in [-0.2, -0.15) is 0 Å². The van der Waals surface area contributed by atoms with Crippen LogP contribution in [0.1, 0.15) is 55.2 Å². The van der Waals surface area contributed by atoms with Gasteiger partial charge in [0.1, 0.15) is 6.04 Å². The van der Waals surface area contributed by atoms with Crippen LogP contribution in [0.25, 0.3) is 11.1 Å². The summed E-state index contributed by atoms with van der Waals surface area (Å²) in [7, 11) is 1.63. The number of pyridine rings is 1. The molecule has 10 heteroatoms. The number of hydrogen-bond acceptors (Lipinski definition) is 6. The molecule has 1 fully saturated rings. The Kier molecular flexibility index (Phi) is 7.94. The summed E-state index contributed by atoms with van der Waals surface area (Å²) in [4.78, 5) is 45.7. The maximum absolute atomic E-state index is 13.4. The van der Waals surface area contributed by atoms with Gasteiger partial charge in [-0.1, -0.05) is 30.0 Å². The molecule has 0 saturated carbocycles. The number of piperidine rings is 1. The molecule has 1 aliphatic heterocycles. The van der Waals surface area contributed by atoms with Crippen molar-refractivity contribution in [3.8, 4) is 11.1 Å². The summed E-state index contributed by atoms with van der Waals surface area (Å²) in [6, 6.07) is 7.32. The number of likely N-dealkylation sites (N-methyl/N-ethyl adjacent to an activating group) is 1. The van der Waals surface area contributed by atoms with Gasteiger partial charge in [0.15, 0.2) is 5.69 Å². The first-order valence-corrected chi connectivity index (χ1v) is 13.0. The molecule has 10 nitrogen and oxygen atoms in total. The number of benzene rings is 1. The second kappa shape index (κ2) is 11.2.